The second kappa shape index (κ2) is 9.05. The van der Waals surface area contributed by atoms with Crippen LogP contribution < -0.4 is 51.0 Å². The molecular formula is C18H21N4NaO5S. The number of carbonyl (C=O) groups excluding carboxylic acids is 4. The maximum atomic E-state index is 12.8. The maximum absolute atomic E-state index is 12.8. The van der Waals surface area contributed by atoms with Crippen molar-refractivity contribution in [2.45, 2.75) is 42.1 Å². The predicted molar refractivity (Wildman–Crippen MR) is 99.4 cm³/mol. The van der Waals surface area contributed by atoms with Crippen LogP contribution in [0.5, 0.6) is 0 Å². The first kappa shape index (κ1) is 23.7. The fraction of sp³-hybridized carbons (Fsp3) is 0.444. The summed E-state index contributed by atoms with van der Waals surface area (Å²) in [5.74, 6) is -2.89. The molecule has 4 atom stereocenters. The van der Waals surface area contributed by atoms with Gasteiger partial charge in [0, 0.05) is 4.75 Å². The molecule has 0 saturated carbocycles. The van der Waals surface area contributed by atoms with E-state index in [2.05, 4.69) is 10.6 Å². The molecule has 2 aliphatic heterocycles. The Morgan fingerprint density at radius 3 is 2.45 bits per heavy atom. The number of carbonyl (C=O) groups is 4. The Labute approximate surface area is 194 Å². The summed E-state index contributed by atoms with van der Waals surface area (Å²) >= 11 is 1.30. The Balaban J connectivity index is 0.00000300. The summed E-state index contributed by atoms with van der Waals surface area (Å²) in [5, 5.41) is 16.1. The number of amides is 3. The third kappa shape index (κ3) is 4.46. The summed E-state index contributed by atoms with van der Waals surface area (Å²) in [6, 6.07) is 5.61. The van der Waals surface area contributed by atoms with Gasteiger partial charge in [0.2, 0.25) is 17.7 Å². The molecular weight excluding hydrogens is 407 g/mol. The van der Waals surface area contributed by atoms with Gasteiger partial charge in [0.25, 0.3) is 0 Å². The topological polar surface area (TPSA) is 145 Å². The number of carboxylic acid groups (broad SMARTS) is 1. The van der Waals surface area contributed by atoms with E-state index in [0.29, 0.717) is 5.56 Å². The van der Waals surface area contributed by atoms with Gasteiger partial charge in [-0.05, 0) is 19.4 Å². The molecule has 4 N–H and O–H groups in total. The van der Waals surface area contributed by atoms with E-state index < -0.39 is 51.9 Å². The van der Waals surface area contributed by atoms with E-state index >= 15 is 0 Å². The number of carboxylic acids is 1. The van der Waals surface area contributed by atoms with Crippen LogP contribution in [0, 0.1) is 0 Å². The molecule has 2 fully saturated rings. The van der Waals surface area contributed by atoms with Crippen molar-refractivity contribution in [3.8, 4) is 0 Å². The number of hydrogen-bond donors (Lipinski definition) is 3. The first-order valence-corrected chi connectivity index (χ1v) is 9.61. The molecule has 1 aromatic rings. The molecule has 3 rings (SSSR count). The summed E-state index contributed by atoms with van der Waals surface area (Å²) in [6.07, 6.45) is 0. The van der Waals surface area contributed by atoms with Crippen molar-refractivity contribution in [1.82, 2.24) is 15.5 Å². The van der Waals surface area contributed by atoms with Gasteiger partial charge in [0.05, 0.1) is 18.6 Å². The SMILES string of the molecule is CC1(C)S[C@@H]2[C@H](NC(=O)C(NC(=O)CN)c3ccccc3)C(=O)N2[C@H]1C(=O)[O-].[Na+]. The zero-order valence-electron chi connectivity index (χ0n) is 16.4. The fourth-order valence-electron chi connectivity index (χ4n) is 3.53. The Morgan fingerprint density at radius 2 is 1.90 bits per heavy atom. The molecule has 29 heavy (non-hydrogen) atoms. The molecule has 9 nitrogen and oxygen atoms in total. The van der Waals surface area contributed by atoms with E-state index in [1.54, 1.807) is 44.2 Å². The third-order valence-corrected chi connectivity index (χ3v) is 6.42. The molecule has 0 bridgehead atoms. The number of aliphatic carboxylic acids is 1. The van der Waals surface area contributed by atoms with Crippen molar-refractivity contribution < 1.29 is 53.8 Å². The average Bonchev–Trinajstić information content (AvgIpc) is 2.92. The van der Waals surface area contributed by atoms with Gasteiger partial charge < -0.3 is 31.2 Å². The van der Waals surface area contributed by atoms with Gasteiger partial charge in [-0.15, -0.1) is 11.8 Å². The second-order valence-electron chi connectivity index (χ2n) is 7.18. The second-order valence-corrected chi connectivity index (χ2v) is 8.95. The smallest absolute Gasteiger partial charge is 0.548 e. The number of rotatable bonds is 6. The van der Waals surface area contributed by atoms with Gasteiger partial charge >= 0.3 is 29.6 Å². The summed E-state index contributed by atoms with van der Waals surface area (Å²) in [4.78, 5) is 49.8. The predicted octanol–water partition coefficient (Wildman–Crippen LogP) is -4.90. The Hall–Kier alpha value is -1.59. The fourth-order valence-corrected chi connectivity index (χ4v) is 5.15. The summed E-state index contributed by atoms with van der Waals surface area (Å²) in [6.45, 7) is 3.15. The van der Waals surface area contributed by atoms with Crippen LogP contribution in [0.3, 0.4) is 0 Å². The van der Waals surface area contributed by atoms with Gasteiger partial charge in [0.1, 0.15) is 17.5 Å². The summed E-state index contributed by atoms with van der Waals surface area (Å²) < 4.78 is -0.745. The van der Waals surface area contributed by atoms with Gasteiger partial charge in [-0.25, -0.2) is 0 Å². The number of nitrogens with one attached hydrogen (secondary N) is 2. The molecule has 2 saturated heterocycles. The number of nitrogens with zero attached hydrogens (tertiary/aromatic N) is 1. The quantitative estimate of drug-likeness (QED) is 0.304. The minimum Gasteiger partial charge on any atom is -0.548 e. The van der Waals surface area contributed by atoms with Crippen molar-refractivity contribution >= 4 is 35.5 Å². The van der Waals surface area contributed by atoms with E-state index in [-0.39, 0.29) is 36.1 Å². The zero-order valence-corrected chi connectivity index (χ0v) is 19.2. The van der Waals surface area contributed by atoms with Crippen molar-refractivity contribution in [3.05, 3.63) is 35.9 Å². The molecule has 150 valence electrons. The van der Waals surface area contributed by atoms with E-state index in [4.69, 9.17) is 5.73 Å². The zero-order chi connectivity index (χ0) is 20.6. The molecule has 2 aliphatic rings. The first-order valence-electron chi connectivity index (χ1n) is 8.73. The Bertz CT molecular complexity index is 822. The largest absolute Gasteiger partial charge is 1.00 e. The minimum absolute atomic E-state index is 0. The standard InChI is InChI=1S/C18H22N4O5S.Na/c1-18(2)13(17(26)27)22-15(25)12(16(22)28-18)21-14(24)11(20-10(23)8-19)9-6-4-3-5-7-9;/h3-7,11-13,16H,8,19H2,1-2H3,(H,20,23)(H,21,24)(H,26,27);/q;+1/p-1/t11?,12-,13+,16-;/m1./s1. The van der Waals surface area contributed by atoms with E-state index in [1.807, 2.05) is 0 Å². The van der Waals surface area contributed by atoms with Crippen LogP contribution in [0.1, 0.15) is 25.5 Å². The Morgan fingerprint density at radius 1 is 1.28 bits per heavy atom. The number of thioether (sulfide) groups is 1. The maximum Gasteiger partial charge on any atom is 1.00 e. The molecule has 0 spiro atoms. The van der Waals surface area contributed by atoms with Crippen LogP contribution in [-0.2, 0) is 19.2 Å². The van der Waals surface area contributed by atoms with Crippen molar-refractivity contribution in [3.63, 3.8) is 0 Å². The summed E-state index contributed by atoms with van der Waals surface area (Å²) in [7, 11) is 0. The number of benzene rings is 1. The number of β-lactam (4-membered cyclic amide) rings is 1. The molecule has 0 aliphatic carbocycles. The first-order chi connectivity index (χ1) is 13.2. The Kier molecular flexibility index (Phi) is 7.39. The van der Waals surface area contributed by atoms with Crippen LogP contribution in [0.4, 0.5) is 0 Å². The van der Waals surface area contributed by atoms with E-state index in [9.17, 15) is 24.3 Å². The normalized spacial score (nSPS) is 25.1. The molecule has 0 aromatic heterocycles. The van der Waals surface area contributed by atoms with Crippen LogP contribution in [0.25, 0.3) is 0 Å². The van der Waals surface area contributed by atoms with Crippen molar-refractivity contribution in [2.24, 2.45) is 5.73 Å². The minimum atomic E-state index is -1.32. The molecule has 3 amide bonds. The molecule has 2 heterocycles. The van der Waals surface area contributed by atoms with Crippen LogP contribution in [0.2, 0.25) is 0 Å². The third-order valence-electron chi connectivity index (χ3n) is 4.85. The molecule has 11 heteroatoms. The number of hydrogen-bond acceptors (Lipinski definition) is 7. The number of fused-ring (bicyclic) bond motifs is 1. The molecule has 1 unspecified atom stereocenters. The average molecular weight is 428 g/mol. The van der Waals surface area contributed by atoms with Gasteiger partial charge in [-0.3, -0.25) is 14.4 Å². The van der Waals surface area contributed by atoms with E-state index in [0.717, 1.165) is 0 Å². The van der Waals surface area contributed by atoms with Gasteiger partial charge in [-0.2, -0.15) is 0 Å². The molecule has 0 radical (unpaired) electrons. The van der Waals surface area contributed by atoms with Crippen molar-refractivity contribution in [2.75, 3.05) is 6.54 Å². The molecule has 1 aromatic carbocycles. The number of nitrogens with two attached hydrogens (primary N) is 1. The monoisotopic (exact) mass is 428 g/mol. The van der Waals surface area contributed by atoms with E-state index in [1.165, 1.54) is 16.7 Å². The van der Waals surface area contributed by atoms with Crippen molar-refractivity contribution in [1.29, 1.82) is 0 Å². The van der Waals surface area contributed by atoms with Gasteiger partial charge in [-0.1, -0.05) is 30.3 Å². The van der Waals surface area contributed by atoms with Gasteiger partial charge in [0.15, 0.2) is 0 Å². The summed E-state index contributed by atoms with van der Waals surface area (Å²) in [5.41, 5.74) is 5.87. The van der Waals surface area contributed by atoms with Crippen LogP contribution in [-0.4, -0.2) is 57.3 Å². The van der Waals surface area contributed by atoms with Crippen LogP contribution in [0.15, 0.2) is 30.3 Å². The van der Waals surface area contributed by atoms with Crippen LogP contribution >= 0.6 is 11.8 Å².